The van der Waals surface area contributed by atoms with Gasteiger partial charge in [-0.3, -0.25) is 4.57 Å². The molecule has 1 saturated carbocycles. The lowest BCUT2D eigenvalue weighted by Gasteiger charge is -2.11. The van der Waals surface area contributed by atoms with Gasteiger partial charge in [0.05, 0.1) is 12.8 Å². The van der Waals surface area contributed by atoms with E-state index in [2.05, 4.69) is 26.1 Å². The van der Waals surface area contributed by atoms with Crippen molar-refractivity contribution >= 4 is 27.5 Å². The van der Waals surface area contributed by atoms with E-state index in [1.807, 2.05) is 22.8 Å². The summed E-state index contributed by atoms with van der Waals surface area (Å²) in [4.78, 5) is 0. The van der Waals surface area contributed by atoms with Gasteiger partial charge in [-0.15, -0.1) is 10.2 Å². The van der Waals surface area contributed by atoms with Crippen molar-refractivity contribution in [3.63, 3.8) is 0 Å². The zero-order valence-electron chi connectivity index (χ0n) is 9.73. The first-order valence-electron chi connectivity index (χ1n) is 5.65. The summed E-state index contributed by atoms with van der Waals surface area (Å²) in [5.74, 6) is 2.18. The first kappa shape index (κ1) is 12.0. The highest BCUT2D eigenvalue weighted by Crippen LogP contribution is 2.41. The van der Waals surface area contributed by atoms with E-state index < -0.39 is 0 Å². The largest absolute Gasteiger partial charge is 0.497 e. The maximum atomic E-state index is 6.15. The van der Waals surface area contributed by atoms with Gasteiger partial charge in [0.25, 0.3) is 0 Å². The minimum absolute atomic E-state index is 0.380. The number of ether oxygens (including phenoxy) is 1. The molecule has 0 unspecified atom stereocenters. The van der Waals surface area contributed by atoms with Crippen LogP contribution in [0.1, 0.15) is 24.6 Å². The fraction of sp³-hybridized carbons (Fsp3) is 0.333. The van der Waals surface area contributed by atoms with E-state index in [-0.39, 0.29) is 0 Å². The molecule has 2 aromatic rings. The normalized spacial score (nSPS) is 14.8. The average Bonchev–Trinajstić information content (AvgIpc) is 3.14. The van der Waals surface area contributed by atoms with Crippen molar-refractivity contribution in [2.45, 2.75) is 18.8 Å². The average molecular weight is 329 g/mol. The lowest BCUT2D eigenvalue weighted by Crippen LogP contribution is -2.01. The van der Waals surface area contributed by atoms with Gasteiger partial charge in [0.15, 0.2) is 0 Å². The van der Waals surface area contributed by atoms with E-state index in [4.69, 9.17) is 16.3 Å². The maximum absolute atomic E-state index is 6.15. The summed E-state index contributed by atoms with van der Waals surface area (Å²) in [7, 11) is 1.64. The molecule has 0 bridgehead atoms. The molecule has 4 nitrogen and oxygen atoms in total. The summed E-state index contributed by atoms with van der Waals surface area (Å²) in [5, 5.41) is 8.52. The zero-order chi connectivity index (χ0) is 12.7. The van der Waals surface area contributed by atoms with Crippen LogP contribution in [0.5, 0.6) is 5.75 Å². The number of hydrogen-bond acceptors (Lipinski definition) is 3. The third kappa shape index (κ3) is 2.01. The maximum Gasteiger partial charge on any atom is 0.229 e. The van der Waals surface area contributed by atoms with E-state index >= 15 is 0 Å². The molecule has 0 spiro atoms. The van der Waals surface area contributed by atoms with Gasteiger partial charge < -0.3 is 4.74 Å². The monoisotopic (exact) mass is 327 g/mol. The standard InChI is InChI=1S/C12H11BrClN3O/c1-18-8-4-5-9(13)10(6-8)17-11(7-2-3-7)15-16-12(17)14/h4-7H,2-3H2,1H3. The van der Waals surface area contributed by atoms with Crippen LogP contribution in [0, 0.1) is 0 Å². The van der Waals surface area contributed by atoms with Crippen LogP contribution >= 0.6 is 27.5 Å². The lowest BCUT2D eigenvalue weighted by molar-refractivity contribution is 0.414. The second kappa shape index (κ2) is 4.55. The Balaban J connectivity index is 2.16. The molecule has 0 N–H and O–H groups in total. The first-order chi connectivity index (χ1) is 8.70. The molecule has 1 aliphatic rings. The van der Waals surface area contributed by atoms with Crippen LogP contribution < -0.4 is 4.74 Å². The van der Waals surface area contributed by atoms with Gasteiger partial charge in [-0.2, -0.15) is 0 Å². The summed E-state index contributed by atoms with van der Waals surface area (Å²) < 4.78 is 8.06. The Morgan fingerprint density at radius 2 is 2.17 bits per heavy atom. The highest BCUT2D eigenvalue weighted by Gasteiger charge is 2.31. The van der Waals surface area contributed by atoms with Crippen molar-refractivity contribution in [3.8, 4) is 11.4 Å². The van der Waals surface area contributed by atoms with Gasteiger partial charge in [-0.05, 0) is 52.5 Å². The van der Waals surface area contributed by atoms with Gasteiger partial charge in [0.1, 0.15) is 11.6 Å². The zero-order valence-corrected chi connectivity index (χ0v) is 12.1. The molecular weight excluding hydrogens is 318 g/mol. The first-order valence-corrected chi connectivity index (χ1v) is 6.82. The highest BCUT2D eigenvalue weighted by molar-refractivity contribution is 9.10. The van der Waals surface area contributed by atoms with E-state index in [1.165, 1.54) is 0 Å². The highest BCUT2D eigenvalue weighted by atomic mass is 79.9. The lowest BCUT2D eigenvalue weighted by atomic mass is 10.3. The molecule has 18 heavy (non-hydrogen) atoms. The molecule has 1 heterocycles. The fourth-order valence-electron chi connectivity index (χ4n) is 1.90. The number of rotatable bonds is 3. The summed E-state index contributed by atoms with van der Waals surface area (Å²) >= 11 is 9.67. The molecule has 0 amide bonds. The molecule has 3 rings (SSSR count). The molecule has 1 aromatic heterocycles. The van der Waals surface area contributed by atoms with Crippen LogP contribution in [0.25, 0.3) is 5.69 Å². The molecule has 0 saturated heterocycles. The van der Waals surface area contributed by atoms with E-state index in [9.17, 15) is 0 Å². The Morgan fingerprint density at radius 1 is 1.39 bits per heavy atom. The van der Waals surface area contributed by atoms with Crippen LogP contribution in [-0.2, 0) is 0 Å². The number of hydrogen-bond donors (Lipinski definition) is 0. The Kier molecular flexibility index (Phi) is 3.03. The third-order valence-corrected chi connectivity index (χ3v) is 3.90. The molecule has 1 fully saturated rings. The molecule has 0 aliphatic heterocycles. The van der Waals surface area contributed by atoms with E-state index in [1.54, 1.807) is 7.11 Å². The number of aromatic nitrogens is 3. The smallest absolute Gasteiger partial charge is 0.229 e. The molecule has 0 atom stereocenters. The van der Waals surface area contributed by atoms with Crippen LogP contribution in [0.15, 0.2) is 22.7 Å². The minimum Gasteiger partial charge on any atom is -0.497 e. The van der Waals surface area contributed by atoms with Crippen molar-refractivity contribution in [2.75, 3.05) is 7.11 Å². The predicted molar refractivity (Wildman–Crippen MR) is 72.6 cm³/mol. The van der Waals surface area contributed by atoms with Crippen molar-refractivity contribution in [1.82, 2.24) is 14.8 Å². The van der Waals surface area contributed by atoms with E-state index in [0.717, 1.165) is 34.6 Å². The Bertz CT molecular complexity index is 595. The molecule has 0 radical (unpaired) electrons. The van der Waals surface area contributed by atoms with Crippen LogP contribution in [-0.4, -0.2) is 21.9 Å². The van der Waals surface area contributed by atoms with Gasteiger partial charge in [-0.25, -0.2) is 0 Å². The summed E-state index contributed by atoms with van der Waals surface area (Å²) in [6.07, 6.45) is 2.30. The van der Waals surface area contributed by atoms with Crippen molar-refractivity contribution in [3.05, 3.63) is 33.8 Å². The van der Waals surface area contributed by atoms with Crippen LogP contribution in [0.4, 0.5) is 0 Å². The fourth-order valence-corrected chi connectivity index (χ4v) is 2.54. The number of halogens is 2. The van der Waals surface area contributed by atoms with Crippen LogP contribution in [0.2, 0.25) is 5.28 Å². The third-order valence-electron chi connectivity index (χ3n) is 2.99. The van der Waals surface area contributed by atoms with Crippen molar-refractivity contribution < 1.29 is 4.74 Å². The Morgan fingerprint density at radius 3 is 2.83 bits per heavy atom. The molecular formula is C12H11BrClN3O. The number of benzene rings is 1. The van der Waals surface area contributed by atoms with E-state index in [0.29, 0.717) is 11.2 Å². The summed E-state index contributed by atoms with van der Waals surface area (Å²) in [6, 6.07) is 5.75. The summed E-state index contributed by atoms with van der Waals surface area (Å²) in [6.45, 7) is 0. The van der Waals surface area contributed by atoms with Gasteiger partial charge >= 0.3 is 0 Å². The Hall–Kier alpha value is -1.07. The molecule has 6 heteroatoms. The molecule has 1 aromatic carbocycles. The van der Waals surface area contributed by atoms with Gasteiger partial charge in [0, 0.05) is 16.5 Å². The van der Waals surface area contributed by atoms with Gasteiger partial charge in [0.2, 0.25) is 5.28 Å². The SMILES string of the molecule is COc1ccc(Br)c(-n2c(Cl)nnc2C2CC2)c1. The summed E-state index contributed by atoms with van der Waals surface area (Å²) in [5.41, 5.74) is 0.909. The van der Waals surface area contributed by atoms with Crippen molar-refractivity contribution in [2.24, 2.45) is 0 Å². The van der Waals surface area contributed by atoms with Crippen LogP contribution in [0.3, 0.4) is 0 Å². The second-order valence-electron chi connectivity index (χ2n) is 4.25. The minimum atomic E-state index is 0.380. The Labute approximate surface area is 118 Å². The molecule has 94 valence electrons. The van der Waals surface area contributed by atoms with Crippen molar-refractivity contribution in [1.29, 1.82) is 0 Å². The second-order valence-corrected chi connectivity index (χ2v) is 5.45. The number of nitrogens with zero attached hydrogens (tertiary/aromatic N) is 3. The van der Waals surface area contributed by atoms with Gasteiger partial charge in [-0.1, -0.05) is 0 Å². The quantitative estimate of drug-likeness (QED) is 0.865. The topological polar surface area (TPSA) is 39.9 Å². The predicted octanol–water partition coefficient (Wildman–Crippen LogP) is 3.57. The molecule has 1 aliphatic carbocycles. The number of methoxy groups -OCH3 is 1.